The van der Waals surface area contributed by atoms with Gasteiger partial charge in [-0.3, -0.25) is 0 Å². The Bertz CT molecular complexity index is 811. The number of halogens is 1. The molecule has 4 rings (SSSR count). The van der Waals surface area contributed by atoms with Crippen LogP contribution in [-0.4, -0.2) is 41.3 Å². The van der Waals surface area contributed by atoms with Crippen LogP contribution in [0.15, 0.2) is 22.8 Å². The molecule has 25 heavy (non-hydrogen) atoms. The number of carbonyl (C=O) groups excluding carboxylic acids is 1. The van der Waals surface area contributed by atoms with E-state index in [4.69, 9.17) is 0 Å². The number of nitrogens with zero attached hydrogens (tertiary/aromatic N) is 2. The quantitative estimate of drug-likeness (QED) is 0.816. The van der Waals surface area contributed by atoms with Gasteiger partial charge in [0, 0.05) is 30.4 Å². The van der Waals surface area contributed by atoms with E-state index in [9.17, 15) is 4.79 Å². The van der Waals surface area contributed by atoms with E-state index in [-0.39, 0.29) is 6.03 Å². The van der Waals surface area contributed by atoms with Gasteiger partial charge in [0.2, 0.25) is 0 Å². The summed E-state index contributed by atoms with van der Waals surface area (Å²) in [5.41, 5.74) is 6.90. The van der Waals surface area contributed by atoms with Crippen LogP contribution >= 0.6 is 15.9 Å². The molecule has 0 spiro atoms. The van der Waals surface area contributed by atoms with Gasteiger partial charge in [-0.05, 0) is 72.8 Å². The number of aromatic nitrogens is 1. The maximum atomic E-state index is 12.6. The van der Waals surface area contributed by atoms with Crippen molar-refractivity contribution in [3.8, 4) is 0 Å². The lowest BCUT2D eigenvalue weighted by atomic mass is 9.76. The Kier molecular flexibility index (Phi) is 4.50. The van der Waals surface area contributed by atoms with Crippen LogP contribution in [0.2, 0.25) is 0 Å². The van der Waals surface area contributed by atoms with Gasteiger partial charge in [-0.25, -0.2) is 14.9 Å². The molecule has 1 aliphatic carbocycles. The number of nitrogens with one attached hydrogen (secondary N) is 2. The summed E-state index contributed by atoms with van der Waals surface area (Å²) in [7, 11) is 0. The number of hydrogen-bond donors (Lipinski definition) is 2. The Hall–Kier alpha value is -1.53. The van der Waals surface area contributed by atoms with Crippen LogP contribution in [0.4, 0.5) is 4.79 Å². The Morgan fingerprint density at radius 3 is 2.96 bits per heavy atom. The van der Waals surface area contributed by atoms with E-state index < -0.39 is 0 Å². The molecular formula is C19H25BrN4O. The van der Waals surface area contributed by atoms with Gasteiger partial charge < -0.3 is 10.2 Å². The molecule has 1 aromatic carbocycles. The maximum absolute atomic E-state index is 12.6. The van der Waals surface area contributed by atoms with Crippen molar-refractivity contribution in [2.45, 2.75) is 45.1 Å². The molecule has 0 saturated carbocycles. The van der Waals surface area contributed by atoms with Gasteiger partial charge in [0.15, 0.2) is 0 Å². The third kappa shape index (κ3) is 2.66. The zero-order valence-corrected chi connectivity index (χ0v) is 16.4. The van der Waals surface area contributed by atoms with E-state index in [2.05, 4.69) is 44.9 Å². The Morgan fingerprint density at radius 1 is 1.40 bits per heavy atom. The second kappa shape index (κ2) is 6.65. The summed E-state index contributed by atoms with van der Waals surface area (Å²) in [6.45, 7) is 6.50. The molecule has 2 amide bonds. The SMILES string of the molecule is CCN(CC)C(=O)Nn1c(Br)c2c3c(cccc31)[C@H]1CCCN[C@@H]1C2. The lowest BCUT2D eigenvalue weighted by molar-refractivity contribution is 0.214. The summed E-state index contributed by atoms with van der Waals surface area (Å²) in [6, 6.07) is 6.92. The van der Waals surface area contributed by atoms with Crippen LogP contribution in [-0.2, 0) is 6.42 Å². The lowest BCUT2D eigenvalue weighted by Gasteiger charge is -2.36. The Balaban J connectivity index is 1.80. The minimum Gasteiger partial charge on any atom is -0.324 e. The molecule has 1 aliphatic heterocycles. The Labute approximate surface area is 156 Å². The Morgan fingerprint density at radius 2 is 2.20 bits per heavy atom. The molecule has 2 aromatic rings. The highest BCUT2D eigenvalue weighted by Crippen LogP contribution is 2.44. The largest absolute Gasteiger partial charge is 0.336 e. The number of fused-ring (bicyclic) bond motifs is 2. The number of carbonyl (C=O) groups is 1. The van der Waals surface area contributed by atoms with Gasteiger partial charge in [0.25, 0.3) is 0 Å². The first-order valence-electron chi connectivity index (χ1n) is 9.26. The number of rotatable bonds is 3. The van der Waals surface area contributed by atoms with Crippen LogP contribution < -0.4 is 10.7 Å². The molecule has 5 nitrogen and oxygen atoms in total. The fourth-order valence-corrected chi connectivity index (χ4v) is 5.10. The highest BCUT2D eigenvalue weighted by atomic mass is 79.9. The van der Waals surface area contributed by atoms with Crippen molar-refractivity contribution in [2.24, 2.45) is 0 Å². The predicted molar refractivity (Wildman–Crippen MR) is 105 cm³/mol. The zero-order chi connectivity index (χ0) is 17.6. The first-order valence-corrected chi connectivity index (χ1v) is 10.1. The molecule has 2 aliphatic rings. The predicted octanol–water partition coefficient (Wildman–Crippen LogP) is 3.80. The van der Waals surface area contributed by atoms with Crippen LogP contribution in [0.25, 0.3) is 10.9 Å². The molecule has 2 heterocycles. The number of piperidine rings is 1. The normalized spacial score (nSPS) is 21.9. The smallest absolute Gasteiger partial charge is 0.324 e. The van der Waals surface area contributed by atoms with Crippen LogP contribution in [0, 0.1) is 0 Å². The molecule has 1 saturated heterocycles. The van der Waals surface area contributed by atoms with Crippen molar-refractivity contribution in [1.29, 1.82) is 0 Å². The number of hydrogen-bond acceptors (Lipinski definition) is 2. The standard InChI is InChI=1S/C19H25BrN4O/c1-3-23(4-2)19(25)22-24-16-9-5-7-13-12-8-6-10-21-15(12)11-14(17(13)16)18(24)20/h5,7,9,12,15,21H,3-4,6,8,10-11H2,1-2H3,(H,22,25)/t12-,15-/m1/s1. The molecule has 0 unspecified atom stereocenters. The van der Waals surface area contributed by atoms with Gasteiger partial charge in [0.1, 0.15) is 4.60 Å². The molecule has 1 fully saturated rings. The van der Waals surface area contributed by atoms with Crippen molar-refractivity contribution in [3.05, 3.63) is 33.9 Å². The van der Waals surface area contributed by atoms with Crippen molar-refractivity contribution < 1.29 is 4.79 Å². The van der Waals surface area contributed by atoms with Gasteiger partial charge in [-0.2, -0.15) is 0 Å². The van der Waals surface area contributed by atoms with E-state index >= 15 is 0 Å². The van der Waals surface area contributed by atoms with Crippen molar-refractivity contribution >= 4 is 32.9 Å². The number of benzene rings is 1. The summed E-state index contributed by atoms with van der Waals surface area (Å²) in [5, 5.41) is 5.01. The molecule has 0 bridgehead atoms. The molecule has 2 N–H and O–H groups in total. The molecule has 134 valence electrons. The summed E-state index contributed by atoms with van der Waals surface area (Å²) >= 11 is 3.76. The van der Waals surface area contributed by atoms with Crippen LogP contribution in [0.1, 0.15) is 43.7 Å². The third-order valence-corrected chi connectivity index (χ3v) is 6.56. The number of urea groups is 1. The van der Waals surface area contributed by atoms with E-state index in [1.807, 2.05) is 18.5 Å². The van der Waals surface area contributed by atoms with Crippen LogP contribution in [0.5, 0.6) is 0 Å². The monoisotopic (exact) mass is 404 g/mol. The minimum atomic E-state index is -0.0608. The van der Waals surface area contributed by atoms with Gasteiger partial charge in [0.05, 0.1) is 5.52 Å². The lowest BCUT2D eigenvalue weighted by Crippen LogP contribution is -2.43. The van der Waals surface area contributed by atoms with Crippen molar-refractivity contribution in [1.82, 2.24) is 14.9 Å². The summed E-state index contributed by atoms with van der Waals surface area (Å²) < 4.78 is 2.90. The van der Waals surface area contributed by atoms with Crippen LogP contribution in [0.3, 0.4) is 0 Å². The second-order valence-electron chi connectivity index (χ2n) is 6.95. The summed E-state index contributed by atoms with van der Waals surface area (Å²) in [5.74, 6) is 0.575. The number of amides is 2. The van der Waals surface area contributed by atoms with E-state index in [0.717, 1.165) is 23.1 Å². The van der Waals surface area contributed by atoms with Crippen molar-refractivity contribution in [3.63, 3.8) is 0 Å². The molecule has 6 heteroatoms. The highest BCUT2D eigenvalue weighted by Gasteiger charge is 2.35. The summed E-state index contributed by atoms with van der Waals surface area (Å²) in [6.07, 6.45) is 3.48. The second-order valence-corrected chi connectivity index (χ2v) is 7.70. The zero-order valence-electron chi connectivity index (χ0n) is 14.8. The topological polar surface area (TPSA) is 49.3 Å². The highest BCUT2D eigenvalue weighted by molar-refractivity contribution is 9.10. The van der Waals surface area contributed by atoms with Gasteiger partial charge in [-0.15, -0.1) is 0 Å². The molecular weight excluding hydrogens is 380 g/mol. The molecule has 2 atom stereocenters. The first-order chi connectivity index (χ1) is 12.2. The van der Waals surface area contributed by atoms with E-state index in [1.54, 1.807) is 4.90 Å². The fraction of sp³-hybridized carbons (Fsp3) is 0.526. The first kappa shape index (κ1) is 16.9. The van der Waals surface area contributed by atoms with Crippen molar-refractivity contribution in [2.75, 3.05) is 25.1 Å². The minimum absolute atomic E-state index is 0.0608. The maximum Gasteiger partial charge on any atom is 0.336 e. The third-order valence-electron chi connectivity index (χ3n) is 5.73. The molecule has 1 aromatic heterocycles. The fourth-order valence-electron chi connectivity index (χ4n) is 4.46. The van der Waals surface area contributed by atoms with Gasteiger partial charge >= 0.3 is 6.03 Å². The van der Waals surface area contributed by atoms with E-state index in [0.29, 0.717) is 25.0 Å². The average molecular weight is 405 g/mol. The van der Waals surface area contributed by atoms with Gasteiger partial charge in [-0.1, -0.05) is 12.1 Å². The average Bonchev–Trinajstić information content (AvgIpc) is 2.90. The van der Waals surface area contributed by atoms with E-state index in [1.165, 1.54) is 29.4 Å². The molecule has 0 radical (unpaired) electrons. The summed E-state index contributed by atoms with van der Waals surface area (Å²) in [4.78, 5) is 14.4.